The van der Waals surface area contributed by atoms with E-state index in [4.69, 9.17) is 5.73 Å². The van der Waals surface area contributed by atoms with Gasteiger partial charge in [-0.2, -0.15) is 13.2 Å². The average Bonchev–Trinajstić information content (AvgIpc) is 2.94. The van der Waals surface area contributed by atoms with Gasteiger partial charge in [0, 0.05) is 18.8 Å². The molecule has 1 saturated heterocycles. The molecule has 1 aromatic heterocycles. The van der Waals surface area contributed by atoms with E-state index in [-0.39, 0.29) is 18.8 Å². The summed E-state index contributed by atoms with van der Waals surface area (Å²) in [5, 5.41) is 3.64. The molecule has 1 unspecified atom stereocenters. The van der Waals surface area contributed by atoms with Crippen molar-refractivity contribution >= 4 is 17.6 Å². The molecule has 104 valence electrons. The number of amides is 1. The Hall–Kier alpha value is -2.06. The van der Waals surface area contributed by atoms with Gasteiger partial charge >= 0.3 is 12.1 Å². The summed E-state index contributed by atoms with van der Waals surface area (Å²) in [7, 11) is 0. The van der Waals surface area contributed by atoms with Crippen molar-refractivity contribution in [1.29, 1.82) is 0 Å². The minimum Gasteiger partial charge on any atom is -0.382 e. The van der Waals surface area contributed by atoms with Crippen LogP contribution >= 0.6 is 0 Å². The second-order valence-corrected chi connectivity index (χ2v) is 4.18. The summed E-state index contributed by atoms with van der Waals surface area (Å²) in [6.07, 6.45) is -3.20. The van der Waals surface area contributed by atoms with Gasteiger partial charge in [0.15, 0.2) is 0 Å². The van der Waals surface area contributed by atoms with Gasteiger partial charge < -0.3 is 10.6 Å². The van der Waals surface area contributed by atoms with Crippen LogP contribution in [0.3, 0.4) is 0 Å². The Bertz CT molecular complexity index is 511. The van der Waals surface area contributed by atoms with Crippen molar-refractivity contribution in [1.82, 2.24) is 14.7 Å². The van der Waals surface area contributed by atoms with Crippen molar-refractivity contribution in [3.63, 3.8) is 0 Å². The van der Waals surface area contributed by atoms with E-state index < -0.39 is 24.0 Å². The predicted octanol–water partition coefficient (Wildman–Crippen LogP) is 0.659. The first kappa shape index (κ1) is 13.4. The summed E-state index contributed by atoms with van der Waals surface area (Å²) in [4.78, 5) is 23.7. The smallest absolute Gasteiger partial charge is 0.382 e. The third kappa shape index (κ3) is 2.54. The molecule has 1 amide bonds. The number of anilines is 1. The van der Waals surface area contributed by atoms with E-state index in [0.29, 0.717) is 11.3 Å². The van der Waals surface area contributed by atoms with Gasteiger partial charge in [0.25, 0.3) is 5.91 Å². The van der Waals surface area contributed by atoms with Gasteiger partial charge in [-0.05, 0) is 12.8 Å². The number of hydrogen-bond acceptors (Lipinski definition) is 4. The molecule has 19 heavy (non-hydrogen) atoms. The summed E-state index contributed by atoms with van der Waals surface area (Å²) in [6.45, 7) is -0.0918. The van der Waals surface area contributed by atoms with Gasteiger partial charge in [-0.25, -0.2) is 4.68 Å². The molecule has 2 heterocycles. The molecule has 0 spiro atoms. The number of carbonyl (C=O) groups is 2. The summed E-state index contributed by atoms with van der Waals surface area (Å²) >= 11 is 0. The number of nitrogens with two attached hydrogens (primary N) is 1. The molecule has 2 rings (SSSR count). The molecular formula is C10H11F3N4O2. The number of carbonyl (C=O) groups excluding carboxylic acids is 2. The molecule has 1 atom stereocenters. The first-order valence-electron chi connectivity index (χ1n) is 5.54. The van der Waals surface area contributed by atoms with E-state index in [1.165, 1.54) is 12.3 Å². The van der Waals surface area contributed by atoms with Gasteiger partial charge in [-0.1, -0.05) is 0 Å². The summed E-state index contributed by atoms with van der Waals surface area (Å²) < 4.78 is 38.1. The highest BCUT2D eigenvalue weighted by Crippen LogP contribution is 2.26. The van der Waals surface area contributed by atoms with Gasteiger partial charge in [-0.15, -0.1) is 5.10 Å². The molecule has 1 aliphatic rings. The lowest BCUT2D eigenvalue weighted by Crippen LogP contribution is -2.48. The minimum absolute atomic E-state index is 0.0834. The fourth-order valence-electron chi connectivity index (χ4n) is 2.04. The maximum absolute atomic E-state index is 12.4. The van der Waals surface area contributed by atoms with Crippen LogP contribution in [0.4, 0.5) is 19.0 Å². The van der Waals surface area contributed by atoms with Crippen molar-refractivity contribution in [3.8, 4) is 0 Å². The van der Waals surface area contributed by atoms with E-state index in [2.05, 4.69) is 5.10 Å². The third-order valence-electron chi connectivity index (χ3n) is 2.88. The molecule has 1 fully saturated rings. The number of alkyl halides is 3. The Morgan fingerprint density at radius 1 is 1.42 bits per heavy atom. The van der Waals surface area contributed by atoms with Crippen molar-refractivity contribution in [2.24, 2.45) is 0 Å². The molecule has 0 radical (unpaired) electrons. The summed E-state index contributed by atoms with van der Waals surface area (Å²) in [5.41, 5.74) is 5.33. The lowest BCUT2D eigenvalue weighted by atomic mass is 10.2. The lowest BCUT2D eigenvalue weighted by Gasteiger charge is -2.24. The Kier molecular flexibility index (Phi) is 3.21. The van der Waals surface area contributed by atoms with Crippen molar-refractivity contribution < 1.29 is 22.8 Å². The Labute approximate surface area is 106 Å². The van der Waals surface area contributed by atoms with E-state index in [0.717, 1.165) is 4.68 Å². The molecule has 0 bridgehead atoms. The van der Waals surface area contributed by atoms with E-state index in [1.807, 2.05) is 0 Å². The van der Waals surface area contributed by atoms with Gasteiger partial charge in [-0.3, -0.25) is 9.59 Å². The minimum atomic E-state index is -4.98. The highest BCUT2D eigenvalue weighted by atomic mass is 19.4. The fraction of sp³-hybridized carbons (Fsp3) is 0.500. The molecule has 9 heteroatoms. The Morgan fingerprint density at radius 3 is 2.63 bits per heavy atom. The standard InChI is InChI=1S/C10H11F3N4O2/c11-10(12,13)9(19)16-4-1-2-6(16)8(18)17-5-3-7(14)15-17/h3,5-6H,1-2,4H2,(H2,14,15). The Morgan fingerprint density at radius 2 is 2.11 bits per heavy atom. The predicted molar refractivity (Wildman–Crippen MR) is 58.1 cm³/mol. The normalized spacial score (nSPS) is 19.7. The zero-order valence-electron chi connectivity index (χ0n) is 9.72. The average molecular weight is 276 g/mol. The second kappa shape index (κ2) is 4.56. The van der Waals surface area contributed by atoms with Crippen LogP contribution in [-0.2, 0) is 4.79 Å². The van der Waals surface area contributed by atoms with Crippen LogP contribution in [0.1, 0.15) is 17.6 Å². The maximum Gasteiger partial charge on any atom is 0.471 e. The fourth-order valence-corrected chi connectivity index (χ4v) is 2.04. The number of aromatic nitrogens is 2. The number of nitrogens with zero attached hydrogens (tertiary/aromatic N) is 3. The van der Waals surface area contributed by atoms with E-state index in [1.54, 1.807) is 0 Å². The van der Waals surface area contributed by atoms with E-state index >= 15 is 0 Å². The van der Waals surface area contributed by atoms with Gasteiger partial charge in [0.05, 0.1) is 0 Å². The number of likely N-dealkylation sites (tertiary alicyclic amines) is 1. The molecule has 0 saturated carbocycles. The number of rotatable bonds is 1. The highest BCUT2D eigenvalue weighted by Gasteiger charge is 2.48. The number of hydrogen-bond donors (Lipinski definition) is 1. The van der Waals surface area contributed by atoms with E-state index in [9.17, 15) is 22.8 Å². The van der Waals surface area contributed by atoms with Gasteiger partial charge in [0.2, 0.25) is 0 Å². The molecular weight excluding hydrogens is 265 g/mol. The van der Waals surface area contributed by atoms with Crippen molar-refractivity contribution in [3.05, 3.63) is 12.3 Å². The van der Waals surface area contributed by atoms with Gasteiger partial charge in [0.1, 0.15) is 11.9 Å². The lowest BCUT2D eigenvalue weighted by molar-refractivity contribution is -0.185. The maximum atomic E-state index is 12.4. The van der Waals surface area contributed by atoms with Crippen LogP contribution in [0, 0.1) is 0 Å². The topological polar surface area (TPSA) is 81.2 Å². The third-order valence-corrected chi connectivity index (χ3v) is 2.88. The van der Waals surface area contributed by atoms with Crippen LogP contribution in [0.25, 0.3) is 0 Å². The zero-order valence-corrected chi connectivity index (χ0v) is 9.72. The molecule has 2 N–H and O–H groups in total. The zero-order chi connectivity index (χ0) is 14.2. The first-order chi connectivity index (χ1) is 8.80. The SMILES string of the molecule is Nc1ccn(C(=O)C2CCCN2C(=O)C(F)(F)F)n1. The highest BCUT2D eigenvalue weighted by molar-refractivity contribution is 5.91. The summed E-state index contributed by atoms with van der Waals surface area (Å²) in [5.74, 6) is -2.60. The summed E-state index contributed by atoms with van der Waals surface area (Å²) in [6, 6.07) is 0.205. The van der Waals surface area contributed by atoms with Crippen LogP contribution in [-0.4, -0.2) is 45.3 Å². The van der Waals surface area contributed by atoms with Crippen LogP contribution in [0.2, 0.25) is 0 Å². The van der Waals surface area contributed by atoms with Crippen LogP contribution in [0.15, 0.2) is 12.3 Å². The molecule has 0 aliphatic carbocycles. The van der Waals surface area contributed by atoms with Crippen LogP contribution in [0.5, 0.6) is 0 Å². The second-order valence-electron chi connectivity index (χ2n) is 4.18. The molecule has 6 nitrogen and oxygen atoms in total. The number of nitrogen functional groups attached to an aromatic ring is 1. The molecule has 1 aliphatic heterocycles. The van der Waals surface area contributed by atoms with Crippen LogP contribution < -0.4 is 5.73 Å². The monoisotopic (exact) mass is 276 g/mol. The van der Waals surface area contributed by atoms with Crippen molar-refractivity contribution in [2.75, 3.05) is 12.3 Å². The quantitative estimate of drug-likeness (QED) is 0.817. The first-order valence-corrected chi connectivity index (χ1v) is 5.54. The van der Waals surface area contributed by atoms with Crippen molar-refractivity contribution in [2.45, 2.75) is 25.1 Å². The Balaban J connectivity index is 2.20. The number of halogens is 3. The molecule has 1 aromatic rings. The largest absolute Gasteiger partial charge is 0.471 e. The molecule has 0 aromatic carbocycles.